The Labute approximate surface area is 166 Å². The van der Waals surface area contributed by atoms with Crippen LogP contribution in [0.25, 0.3) is 0 Å². The van der Waals surface area contributed by atoms with E-state index in [1.807, 2.05) is 37.3 Å². The van der Waals surface area contributed by atoms with Gasteiger partial charge in [0.05, 0.1) is 19.9 Å². The van der Waals surface area contributed by atoms with Crippen LogP contribution in [0.15, 0.2) is 54.6 Å². The topological polar surface area (TPSA) is 59.5 Å². The maximum Gasteiger partial charge on any atom is 0.142 e. The summed E-state index contributed by atoms with van der Waals surface area (Å²) < 4.78 is 10.8. The minimum atomic E-state index is 0.702. The first-order valence-corrected chi connectivity index (χ1v) is 9.26. The molecule has 1 aromatic heterocycles. The van der Waals surface area contributed by atoms with Crippen molar-refractivity contribution in [1.29, 1.82) is 0 Å². The van der Waals surface area contributed by atoms with Crippen molar-refractivity contribution in [2.75, 3.05) is 31.0 Å². The van der Waals surface area contributed by atoms with Gasteiger partial charge in [-0.1, -0.05) is 30.3 Å². The van der Waals surface area contributed by atoms with Gasteiger partial charge in [0.25, 0.3) is 0 Å². The number of aromatic nitrogens is 2. The lowest BCUT2D eigenvalue weighted by atomic mass is 10.2. The van der Waals surface area contributed by atoms with Gasteiger partial charge in [-0.25, -0.2) is 9.97 Å². The van der Waals surface area contributed by atoms with Gasteiger partial charge in [0.1, 0.15) is 29.0 Å². The average molecular weight is 378 g/mol. The molecule has 146 valence electrons. The van der Waals surface area contributed by atoms with E-state index in [1.165, 1.54) is 5.56 Å². The summed E-state index contributed by atoms with van der Waals surface area (Å²) in [4.78, 5) is 11.4. The van der Waals surface area contributed by atoms with E-state index in [-0.39, 0.29) is 0 Å². The number of nitrogens with zero attached hydrogens (tertiary/aromatic N) is 3. The van der Waals surface area contributed by atoms with Crippen molar-refractivity contribution in [3.63, 3.8) is 0 Å². The number of hydrogen-bond acceptors (Lipinski definition) is 6. The van der Waals surface area contributed by atoms with Crippen LogP contribution in [-0.4, -0.2) is 30.7 Å². The van der Waals surface area contributed by atoms with Crippen LogP contribution in [0.2, 0.25) is 0 Å². The van der Waals surface area contributed by atoms with Gasteiger partial charge in [-0.05, 0) is 31.5 Å². The third-order valence-corrected chi connectivity index (χ3v) is 4.42. The molecule has 0 saturated carbocycles. The number of anilines is 3. The Bertz CT molecular complexity index is 916. The summed E-state index contributed by atoms with van der Waals surface area (Å²) >= 11 is 0. The largest absolute Gasteiger partial charge is 0.497 e. The van der Waals surface area contributed by atoms with Crippen LogP contribution in [0.4, 0.5) is 17.3 Å². The number of ether oxygens (including phenoxy) is 2. The van der Waals surface area contributed by atoms with E-state index in [1.54, 1.807) is 14.2 Å². The Morgan fingerprint density at radius 2 is 1.75 bits per heavy atom. The Kier molecular flexibility index (Phi) is 6.32. The Hall–Kier alpha value is -3.28. The molecular weight excluding hydrogens is 352 g/mol. The molecule has 28 heavy (non-hydrogen) atoms. The van der Waals surface area contributed by atoms with Crippen LogP contribution >= 0.6 is 0 Å². The number of benzene rings is 2. The molecule has 2 aromatic carbocycles. The average Bonchev–Trinajstić information content (AvgIpc) is 2.72. The van der Waals surface area contributed by atoms with Gasteiger partial charge in [-0.3, -0.25) is 0 Å². The summed E-state index contributed by atoms with van der Waals surface area (Å²) in [6, 6.07) is 17.9. The maximum absolute atomic E-state index is 5.45. The van der Waals surface area contributed by atoms with Crippen molar-refractivity contribution in [2.24, 2.45) is 0 Å². The van der Waals surface area contributed by atoms with E-state index in [0.29, 0.717) is 11.6 Å². The van der Waals surface area contributed by atoms with Crippen LogP contribution in [0.1, 0.15) is 18.3 Å². The normalized spacial score (nSPS) is 10.4. The predicted octanol–water partition coefficient (Wildman–Crippen LogP) is 4.57. The lowest BCUT2D eigenvalue weighted by molar-refractivity contribution is 0.405. The second kappa shape index (κ2) is 9.08. The molecular formula is C22H26N4O2. The van der Waals surface area contributed by atoms with Gasteiger partial charge < -0.3 is 19.7 Å². The first kappa shape index (κ1) is 19.5. The fraction of sp³-hybridized carbons (Fsp3) is 0.273. The molecule has 0 fully saturated rings. The first-order chi connectivity index (χ1) is 13.6. The van der Waals surface area contributed by atoms with Gasteiger partial charge in [-0.2, -0.15) is 0 Å². The molecule has 1 heterocycles. The lowest BCUT2D eigenvalue weighted by Gasteiger charge is -2.23. The van der Waals surface area contributed by atoms with E-state index < -0.39 is 0 Å². The molecule has 1 N–H and O–H groups in total. The molecule has 0 saturated heterocycles. The van der Waals surface area contributed by atoms with Gasteiger partial charge in [-0.15, -0.1) is 0 Å². The molecule has 0 aliphatic rings. The van der Waals surface area contributed by atoms with E-state index >= 15 is 0 Å². The van der Waals surface area contributed by atoms with Crippen LogP contribution in [0.3, 0.4) is 0 Å². The van der Waals surface area contributed by atoms with Crippen molar-refractivity contribution in [1.82, 2.24) is 9.97 Å². The quantitative estimate of drug-likeness (QED) is 0.619. The molecule has 3 rings (SSSR count). The molecule has 6 heteroatoms. The summed E-state index contributed by atoms with van der Waals surface area (Å²) in [6.45, 7) is 5.65. The van der Waals surface area contributed by atoms with Crippen LogP contribution < -0.4 is 19.7 Å². The van der Waals surface area contributed by atoms with Crippen LogP contribution in [-0.2, 0) is 6.54 Å². The second-order valence-electron chi connectivity index (χ2n) is 6.35. The Morgan fingerprint density at radius 1 is 0.964 bits per heavy atom. The summed E-state index contributed by atoms with van der Waals surface area (Å²) in [6.07, 6.45) is 0. The second-order valence-corrected chi connectivity index (χ2v) is 6.35. The number of nitrogens with one attached hydrogen (secondary N) is 1. The van der Waals surface area contributed by atoms with E-state index in [4.69, 9.17) is 9.47 Å². The Morgan fingerprint density at radius 3 is 2.43 bits per heavy atom. The number of rotatable bonds is 8. The number of aryl methyl sites for hydroxylation is 1. The van der Waals surface area contributed by atoms with Crippen LogP contribution in [0.5, 0.6) is 11.5 Å². The van der Waals surface area contributed by atoms with E-state index in [2.05, 4.69) is 51.4 Å². The molecule has 0 radical (unpaired) electrons. The highest BCUT2D eigenvalue weighted by atomic mass is 16.5. The SMILES string of the molecule is CCN(Cc1ccccc1)c1cc(Nc2cc(OC)ccc2OC)nc(C)n1. The van der Waals surface area contributed by atoms with Gasteiger partial charge in [0, 0.05) is 25.2 Å². The summed E-state index contributed by atoms with van der Waals surface area (Å²) in [7, 11) is 3.28. The zero-order valence-electron chi connectivity index (χ0n) is 16.8. The molecule has 0 atom stereocenters. The van der Waals surface area contributed by atoms with Crippen LogP contribution in [0, 0.1) is 6.92 Å². The van der Waals surface area contributed by atoms with E-state index in [9.17, 15) is 0 Å². The highest BCUT2D eigenvalue weighted by Crippen LogP contribution is 2.31. The summed E-state index contributed by atoms with van der Waals surface area (Å²) in [5.41, 5.74) is 2.03. The highest BCUT2D eigenvalue weighted by Gasteiger charge is 2.12. The fourth-order valence-corrected chi connectivity index (χ4v) is 2.99. The Balaban J connectivity index is 1.89. The van der Waals surface area contributed by atoms with Crippen molar-refractivity contribution in [3.05, 3.63) is 66.0 Å². The summed E-state index contributed by atoms with van der Waals surface area (Å²) in [5, 5.41) is 3.34. The monoisotopic (exact) mass is 378 g/mol. The van der Waals surface area contributed by atoms with Crippen molar-refractivity contribution in [2.45, 2.75) is 20.4 Å². The molecule has 0 spiro atoms. The maximum atomic E-state index is 5.45. The zero-order chi connectivity index (χ0) is 19.9. The highest BCUT2D eigenvalue weighted by molar-refractivity contribution is 5.67. The smallest absolute Gasteiger partial charge is 0.142 e. The molecule has 3 aromatic rings. The first-order valence-electron chi connectivity index (χ1n) is 9.26. The minimum Gasteiger partial charge on any atom is -0.497 e. The third kappa shape index (κ3) is 4.71. The molecule has 0 unspecified atom stereocenters. The lowest BCUT2D eigenvalue weighted by Crippen LogP contribution is -2.23. The summed E-state index contributed by atoms with van der Waals surface area (Å²) in [5.74, 6) is 3.75. The molecule has 0 bridgehead atoms. The number of methoxy groups -OCH3 is 2. The molecule has 0 aliphatic carbocycles. The fourth-order valence-electron chi connectivity index (χ4n) is 2.99. The zero-order valence-corrected chi connectivity index (χ0v) is 16.8. The van der Waals surface area contributed by atoms with Crippen molar-refractivity contribution >= 4 is 17.3 Å². The van der Waals surface area contributed by atoms with Crippen molar-refractivity contribution < 1.29 is 9.47 Å². The predicted molar refractivity (Wildman–Crippen MR) is 113 cm³/mol. The van der Waals surface area contributed by atoms with E-state index in [0.717, 1.165) is 36.1 Å². The molecule has 0 amide bonds. The third-order valence-electron chi connectivity index (χ3n) is 4.42. The number of hydrogen-bond donors (Lipinski definition) is 1. The standard InChI is InChI=1S/C22H26N4O2/c1-5-26(15-17-9-7-6-8-10-17)22-14-21(23-16(2)24-22)25-19-13-18(27-3)11-12-20(19)28-4/h6-14H,5,15H2,1-4H3,(H,23,24,25). The van der Waals surface area contributed by atoms with Gasteiger partial charge in [0.15, 0.2) is 0 Å². The van der Waals surface area contributed by atoms with Gasteiger partial charge in [0.2, 0.25) is 0 Å². The molecule has 6 nitrogen and oxygen atoms in total. The van der Waals surface area contributed by atoms with Gasteiger partial charge >= 0.3 is 0 Å². The van der Waals surface area contributed by atoms with Crippen molar-refractivity contribution in [3.8, 4) is 11.5 Å². The molecule has 0 aliphatic heterocycles. The minimum absolute atomic E-state index is 0.702.